The molecule has 0 aromatic carbocycles. The van der Waals surface area contributed by atoms with Gasteiger partial charge in [-0.05, 0) is 6.92 Å². The molecule has 15 heteroatoms. The number of aliphatic hydroxyl groups excluding tert-OH is 1. The van der Waals surface area contributed by atoms with Crippen molar-refractivity contribution in [1.29, 1.82) is 0 Å². The van der Waals surface area contributed by atoms with Gasteiger partial charge in [0.25, 0.3) is 0 Å². The molecular formula is C13H19N6O8P. The molecule has 1 saturated heterocycles. The summed E-state index contributed by atoms with van der Waals surface area (Å²) in [5.41, 5.74) is 11.7. The molecule has 3 heterocycles. The van der Waals surface area contributed by atoms with Crippen LogP contribution in [-0.2, 0) is 23.4 Å². The number of ether oxygens (including phenoxy) is 2. The van der Waals surface area contributed by atoms with Crippen LogP contribution >= 0.6 is 7.82 Å². The molecule has 1 fully saturated rings. The molecule has 0 aliphatic carbocycles. The molecule has 2 aromatic rings. The molecule has 0 amide bonds. The number of nitrogens with zero attached hydrogens (tertiary/aromatic N) is 4. The van der Waals surface area contributed by atoms with E-state index in [2.05, 4.69) is 19.5 Å². The quantitative estimate of drug-likeness (QED) is 0.254. The molecule has 154 valence electrons. The van der Waals surface area contributed by atoms with Gasteiger partial charge in [-0.15, -0.1) is 0 Å². The molecule has 0 radical (unpaired) electrons. The lowest BCUT2D eigenvalue weighted by Gasteiger charge is -2.21. The Balaban J connectivity index is 1.90. The van der Waals surface area contributed by atoms with Crippen LogP contribution in [-0.4, -0.2) is 71.3 Å². The van der Waals surface area contributed by atoms with Gasteiger partial charge in [-0.3, -0.25) is 13.9 Å². The molecule has 3 rings (SSSR count). The number of rotatable bonds is 6. The number of imidazole rings is 1. The van der Waals surface area contributed by atoms with Gasteiger partial charge < -0.3 is 35.8 Å². The maximum atomic E-state index is 11.9. The number of carbonyl (C=O) groups excluding carboxylic acids is 1. The number of nitrogen functional groups attached to an aromatic ring is 1. The second-order valence-electron chi connectivity index (χ2n) is 6.12. The van der Waals surface area contributed by atoms with Crippen molar-refractivity contribution >= 4 is 30.8 Å². The van der Waals surface area contributed by atoms with E-state index in [1.54, 1.807) is 0 Å². The van der Waals surface area contributed by atoms with Crippen LogP contribution < -0.4 is 11.5 Å². The highest BCUT2D eigenvalue weighted by Crippen LogP contribution is 2.39. The van der Waals surface area contributed by atoms with E-state index in [-0.39, 0.29) is 17.0 Å². The topological polar surface area (TPSA) is 218 Å². The van der Waals surface area contributed by atoms with Crippen LogP contribution in [0.3, 0.4) is 0 Å². The minimum atomic E-state index is -4.83. The van der Waals surface area contributed by atoms with Crippen molar-refractivity contribution < 1.29 is 38.3 Å². The first kappa shape index (κ1) is 20.5. The van der Waals surface area contributed by atoms with E-state index in [9.17, 15) is 14.5 Å². The summed E-state index contributed by atoms with van der Waals surface area (Å²) >= 11 is 0. The van der Waals surface area contributed by atoms with Crippen molar-refractivity contribution in [2.24, 2.45) is 5.73 Å². The Morgan fingerprint density at radius 1 is 1.43 bits per heavy atom. The molecule has 14 nitrogen and oxygen atoms in total. The monoisotopic (exact) mass is 418 g/mol. The largest absolute Gasteiger partial charge is 0.469 e. The van der Waals surface area contributed by atoms with E-state index in [0.29, 0.717) is 0 Å². The normalized spacial score (nSPS) is 26.5. The van der Waals surface area contributed by atoms with Gasteiger partial charge in [0.15, 0.2) is 23.8 Å². The summed E-state index contributed by atoms with van der Waals surface area (Å²) in [5, 5.41) is 10.7. The van der Waals surface area contributed by atoms with E-state index in [4.69, 9.17) is 30.7 Å². The Labute approximate surface area is 157 Å². The Morgan fingerprint density at radius 3 is 2.79 bits per heavy atom. The van der Waals surface area contributed by atoms with Gasteiger partial charge in [0.05, 0.1) is 12.9 Å². The summed E-state index contributed by atoms with van der Waals surface area (Å²) in [6, 6.07) is -0.990. The summed E-state index contributed by atoms with van der Waals surface area (Å²) in [6.07, 6.45) is -2.63. The van der Waals surface area contributed by atoms with Crippen LogP contribution in [0.15, 0.2) is 12.7 Å². The zero-order chi connectivity index (χ0) is 20.6. The Bertz CT molecular complexity index is 916. The predicted molar refractivity (Wildman–Crippen MR) is 91.2 cm³/mol. The predicted octanol–water partition coefficient (Wildman–Crippen LogP) is -1.96. The molecule has 28 heavy (non-hydrogen) atoms. The summed E-state index contributed by atoms with van der Waals surface area (Å²) in [6.45, 7) is 0.727. The number of anilines is 1. The van der Waals surface area contributed by atoms with Crippen LogP contribution in [0.1, 0.15) is 13.2 Å². The van der Waals surface area contributed by atoms with Crippen molar-refractivity contribution in [2.45, 2.75) is 37.5 Å². The first-order chi connectivity index (χ1) is 13.1. The Kier molecular flexibility index (Phi) is 5.63. The van der Waals surface area contributed by atoms with E-state index in [0.717, 1.165) is 0 Å². The number of phosphoric acid groups is 1. The van der Waals surface area contributed by atoms with Gasteiger partial charge in [-0.1, -0.05) is 0 Å². The number of phosphoric ester groups is 1. The zero-order valence-corrected chi connectivity index (χ0v) is 15.4. The number of esters is 1. The fourth-order valence-electron chi connectivity index (χ4n) is 2.70. The second kappa shape index (κ2) is 7.67. The molecule has 0 saturated carbocycles. The van der Waals surface area contributed by atoms with Crippen molar-refractivity contribution in [2.75, 3.05) is 12.3 Å². The number of hydrogen-bond acceptors (Lipinski definition) is 11. The first-order valence-electron chi connectivity index (χ1n) is 8.01. The molecule has 7 N–H and O–H groups in total. The van der Waals surface area contributed by atoms with E-state index in [1.165, 1.54) is 24.1 Å². The molecule has 5 atom stereocenters. The van der Waals surface area contributed by atoms with Crippen LogP contribution in [0.2, 0.25) is 0 Å². The molecular weight excluding hydrogens is 399 g/mol. The number of fused-ring (bicyclic) bond motifs is 1. The molecule has 5 unspecified atom stereocenters. The highest BCUT2D eigenvalue weighted by molar-refractivity contribution is 7.46. The third kappa shape index (κ3) is 4.12. The van der Waals surface area contributed by atoms with Crippen LogP contribution in [0.4, 0.5) is 5.82 Å². The minimum Gasteiger partial charge on any atom is -0.455 e. The van der Waals surface area contributed by atoms with Gasteiger partial charge in [0, 0.05) is 0 Å². The third-order valence-electron chi connectivity index (χ3n) is 4.00. The van der Waals surface area contributed by atoms with Gasteiger partial charge in [-0.2, -0.15) is 0 Å². The lowest BCUT2D eigenvalue weighted by Crippen LogP contribution is -2.42. The molecule has 1 aliphatic rings. The standard InChI is InChI=1S/C13H19N6O8P/c1-5(14)13(21)27-9-6(2-25-28(22,23)24)26-12(8(9)20)19-4-18-7-10(15)16-3-17-11(7)19/h3-6,8-9,12,20H,2,14H2,1H3,(H2,15,16,17)(H2,22,23,24). The van der Waals surface area contributed by atoms with Crippen molar-refractivity contribution in [3.8, 4) is 0 Å². The van der Waals surface area contributed by atoms with Crippen molar-refractivity contribution in [1.82, 2.24) is 19.5 Å². The van der Waals surface area contributed by atoms with Gasteiger partial charge in [0.2, 0.25) is 0 Å². The summed E-state index contributed by atoms with van der Waals surface area (Å²) in [4.78, 5) is 41.6. The van der Waals surface area contributed by atoms with E-state index >= 15 is 0 Å². The maximum absolute atomic E-state index is 11.9. The summed E-state index contributed by atoms with van der Waals surface area (Å²) < 4.78 is 27.6. The maximum Gasteiger partial charge on any atom is 0.469 e. The molecule has 0 bridgehead atoms. The van der Waals surface area contributed by atoms with E-state index < -0.39 is 51.0 Å². The zero-order valence-electron chi connectivity index (χ0n) is 14.5. The third-order valence-corrected chi connectivity index (χ3v) is 4.49. The van der Waals surface area contributed by atoms with Crippen LogP contribution in [0.5, 0.6) is 0 Å². The molecule has 0 spiro atoms. The SMILES string of the molecule is CC(N)C(=O)OC1C(COP(=O)(O)O)OC(n2cnc3c(N)ncnc32)C1O. The average molecular weight is 418 g/mol. The number of aromatic nitrogens is 4. The number of nitrogens with two attached hydrogens (primary N) is 2. The van der Waals surface area contributed by atoms with Crippen LogP contribution in [0.25, 0.3) is 11.2 Å². The van der Waals surface area contributed by atoms with Gasteiger partial charge in [0.1, 0.15) is 30.1 Å². The lowest BCUT2D eigenvalue weighted by molar-refractivity contribution is -0.157. The smallest absolute Gasteiger partial charge is 0.455 e. The number of carbonyl (C=O) groups is 1. The average Bonchev–Trinajstić information content (AvgIpc) is 3.15. The highest BCUT2D eigenvalue weighted by atomic mass is 31.2. The molecule has 2 aromatic heterocycles. The first-order valence-corrected chi connectivity index (χ1v) is 9.54. The summed E-state index contributed by atoms with van der Waals surface area (Å²) in [5.74, 6) is -0.728. The van der Waals surface area contributed by atoms with Gasteiger partial charge >= 0.3 is 13.8 Å². The second-order valence-corrected chi connectivity index (χ2v) is 7.35. The fourth-order valence-corrected chi connectivity index (χ4v) is 3.04. The summed E-state index contributed by atoms with van der Waals surface area (Å²) in [7, 11) is -4.83. The Hall–Kier alpha value is -2.19. The number of aliphatic hydroxyl groups is 1. The number of hydrogen-bond donors (Lipinski definition) is 5. The van der Waals surface area contributed by atoms with Crippen LogP contribution in [0, 0.1) is 0 Å². The van der Waals surface area contributed by atoms with Crippen molar-refractivity contribution in [3.05, 3.63) is 12.7 Å². The van der Waals surface area contributed by atoms with Crippen molar-refractivity contribution in [3.63, 3.8) is 0 Å². The van der Waals surface area contributed by atoms with E-state index in [1.807, 2.05) is 0 Å². The minimum absolute atomic E-state index is 0.109. The molecule has 1 aliphatic heterocycles. The fraction of sp³-hybridized carbons (Fsp3) is 0.538. The lowest BCUT2D eigenvalue weighted by atomic mass is 10.1. The van der Waals surface area contributed by atoms with Gasteiger partial charge in [-0.25, -0.2) is 19.5 Å². The Morgan fingerprint density at radius 2 is 2.14 bits per heavy atom. The highest BCUT2D eigenvalue weighted by Gasteiger charge is 2.48.